The van der Waals surface area contributed by atoms with Gasteiger partial charge in [0, 0.05) is 23.8 Å². The number of benzene rings is 3. The highest BCUT2D eigenvalue weighted by molar-refractivity contribution is 6.30. The third kappa shape index (κ3) is 6.48. The van der Waals surface area contributed by atoms with Crippen LogP contribution in [0.4, 0.5) is 14.9 Å². The molecule has 0 unspecified atom stereocenters. The van der Waals surface area contributed by atoms with Crippen molar-refractivity contribution in [3.05, 3.63) is 100 Å². The zero-order chi connectivity index (χ0) is 27.2. The molecule has 0 aromatic heterocycles. The standard InChI is InChI=1S/C28H28ClFN4O4/c1-33(2)14-13-31-27(36)24-25(38-28(37)34(24)17-18-7-5-9-20(29)15-18)19-8-6-10-21(16-19)32-26(35)22-11-3-4-12-23(22)30/h3-12,15-16,24-25H,13-14,17H2,1-2H3,(H,31,36)(H,32,35)/t24-,25+/m1/s1. The van der Waals surface area contributed by atoms with E-state index in [1.165, 1.54) is 23.1 Å². The fraction of sp³-hybridized carbons (Fsp3) is 0.250. The van der Waals surface area contributed by atoms with Crippen molar-refractivity contribution in [1.82, 2.24) is 15.1 Å². The van der Waals surface area contributed by atoms with Gasteiger partial charge < -0.3 is 20.3 Å². The molecule has 2 N–H and O–H groups in total. The second-order valence-corrected chi connectivity index (χ2v) is 9.60. The van der Waals surface area contributed by atoms with Gasteiger partial charge in [0.2, 0.25) is 5.91 Å². The number of nitrogens with zero attached hydrogens (tertiary/aromatic N) is 2. The first kappa shape index (κ1) is 27.1. The van der Waals surface area contributed by atoms with Gasteiger partial charge >= 0.3 is 6.09 Å². The van der Waals surface area contributed by atoms with Crippen molar-refractivity contribution >= 4 is 35.2 Å². The van der Waals surface area contributed by atoms with Gasteiger partial charge in [-0.2, -0.15) is 0 Å². The molecule has 1 heterocycles. The van der Waals surface area contributed by atoms with Crippen LogP contribution in [0.3, 0.4) is 0 Å². The summed E-state index contributed by atoms with van der Waals surface area (Å²) in [7, 11) is 3.79. The zero-order valence-corrected chi connectivity index (χ0v) is 21.7. The molecule has 1 aliphatic rings. The Labute approximate surface area is 225 Å². The number of halogens is 2. The van der Waals surface area contributed by atoms with E-state index in [4.69, 9.17) is 16.3 Å². The largest absolute Gasteiger partial charge is 0.438 e. The van der Waals surface area contributed by atoms with Crippen LogP contribution >= 0.6 is 11.6 Å². The highest BCUT2D eigenvalue weighted by atomic mass is 35.5. The average Bonchev–Trinajstić information content (AvgIpc) is 3.20. The van der Waals surface area contributed by atoms with E-state index in [9.17, 15) is 18.8 Å². The number of amides is 3. The summed E-state index contributed by atoms with van der Waals surface area (Å²) in [4.78, 5) is 42.3. The van der Waals surface area contributed by atoms with E-state index in [1.807, 2.05) is 25.1 Å². The Bertz CT molecular complexity index is 1340. The average molecular weight is 539 g/mol. The SMILES string of the molecule is CN(C)CCNC(=O)[C@H]1[C@H](c2cccc(NC(=O)c3ccccc3F)c2)OC(=O)N1Cc1cccc(Cl)c1. The van der Waals surface area contributed by atoms with Crippen molar-refractivity contribution in [2.75, 3.05) is 32.5 Å². The normalized spacial score (nSPS) is 16.9. The van der Waals surface area contributed by atoms with Crippen LogP contribution in [0.5, 0.6) is 0 Å². The van der Waals surface area contributed by atoms with E-state index >= 15 is 0 Å². The van der Waals surface area contributed by atoms with Gasteiger partial charge in [0.05, 0.1) is 12.1 Å². The number of hydrogen-bond donors (Lipinski definition) is 2. The summed E-state index contributed by atoms with van der Waals surface area (Å²) in [6, 6.07) is 18.3. The lowest BCUT2D eigenvalue weighted by molar-refractivity contribution is -0.126. The Kier molecular flexibility index (Phi) is 8.60. The second-order valence-electron chi connectivity index (χ2n) is 9.16. The van der Waals surface area contributed by atoms with Gasteiger partial charge in [-0.05, 0) is 61.6 Å². The predicted molar refractivity (Wildman–Crippen MR) is 142 cm³/mol. The van der Waals surface area contributed by atoms with E-state index in [-0.39, 0.29) is 18.0 Å². The molecule has 3 aromatic rings. The second kappa shape index (κ2) is 12.1. The summed E-state index contributed by atoms with van der Waals surface area (Å²) in [6.07, 6.45) is -1.59. The lowest BCUT2D eigenvalue weighted by atomic mass is 10.00. The topological polar surface area (TPSA) is 91.0 Å². The third-order valence-electron chi connectivity index (χ3n) is 6.05. The summed E-state index contributed by atoms with van der Waals surface area (Å²) in [5, 5.41) is 6.07. The fourth-order valence-electron chi connectivity index (χ4n) is 4.19. The predicted octanol–water partition coefficient (Wildman–Crippen LogP) is 4.47. The zero-order valence-electron chi connectivity index (χ0n) is 21.0. The maximum atomic E-state index is 14.1. The van der Waals surface area contributed by atoms with Crippen molar-refractivity contribution in [2.24, 2.45) is 0 Å². The first-order valence-electron chi connectivity index (χ1n) is 12.0. The van der Waals surface area contributed by atoms with Crippen LogP contribution in [-0.2, 0) is 16.1 Å². The molecular formula is C28H28ClFN4O4. The van der Waals surface area contributed by atoms with E-state index in [0.717, 1.165) is 5.56 Å². The minimum absolute atomic E-state index is 0.101. The monoisotopic (exact) mass is 538 g/mol. The van der Waals surface area contributed by atoms with E-state index in [2.05, 4.69) is 10.6 Å². The summed E-state index contributed by atoms with van der Waals surface area (Å²) < 4.78 is 19.8. The van der Waals surface area contributed by atoms with Crippen LogP contribution in [0.1, 0.15) is 27.6 Å². The molecule has 8 nitrogen and oxygen atoms in total. The molecule has 0 saturated carbocycles. The Morgan fingerprint density at radius 1 is 1.05 bits per heavy atom. The van der Waals surface area contributed by atoms with Crippen LogP contribution in [0.15, 0.2) is 72.8 Å². The van der Waals surface area contributed by atoms with E-state index in [0.29, 0.717) is 29.4 Å². The minimum atomic E-state index is -0.971. The maximum absolute atomic E-state index is 14.1. The fourth-order valence-corrected chi connectivity index (χ4v) is 4.40. The highest BCUT2D eigenvalue weighted by Crippen LogP contribution is 2.35. The molecule has 3 amide bonds. The number of rotatable bonds is 9. The molecule has 38 heavy (non-hydrogen) atoms. The van der Waals surface area contributed by atoms with Gasteiger partial charge in [0.1, 0.15) is 5.82 Å². The van der Waals surface area contributed by atoms with Crippen molar-refractivity contribution in [1.29, 1.82) is 0 Å². The van der Waals surface area contributed by atoms with Gasteiger partial charge in [-0.1, -0.05) is 48.0 Å². The minimum Gasteiger partial charge on any atom is -0.438 e. The molecule has 0 spiro atoms. The van der Waals surface area contributed by atoms with Gasteiger partial charge in [-0.3, -0.25) is 14.5 Å². The van der Waals surface area contributed by atoms with Crippen LogP contribution in [0.25, 0.3) is 0 Å². The number of hydrogen-bond acceptors (Lipinski definition) is 5. The number of likely N-dealkylation sites (N-methyl/N-ethyl adjacent to an activating group) is 1. The molecule has 1 saturated heterocycles. The van der Waals surface area contributed by atoms with E-state index < -0.39 is 30.0 Å². The molecule has 1 fully saturated rings. The number of anilines is 1. The molecule has 10 heteroatoms. The number of carbonyl (C=O) groups is 3. The first-order valence-corrected chi connectivity index (χ1v) is 12.4. The highest BCUT2D eigenvalue weighted by Gasteiger charge is 2.47. The third-order valence-corrected chi connectivity index (χ3v) is 6.28. The maximum Gasteiger partial charge on any atom is 0.411 e. The Balaban J connectivity index is 1.60. The molecule has 2 atom stereocenters. The van der Waals surface area contributed by atoms with E-state index in [1.54, 1.807) is 48.5 Å². The molecule has 1 aliphatic heterocycles. The lowest BCUT2D eigenvalue weighted by Crippen LogP contribution is -2.47. The Morgan fingerprint density at radius 3 is 2.55 bits per heavy atom. The van der Waals surface area contributed by atoms with Crippen molar-refractivity contribution in [3.63, 3.8) is 0 Å². The van der Waals surface area contributed by atoms with Crippen LogP contribution in [-0.4, -0.2) is 60.9 Å². The first-order chi connectivity index (χ1) is 18.2. The van der Waals surface area contributed by atoms with Crippen molar-refractivity contribution in [2.45, 2.75) is 18.7 Å². The van der Waals surface area contributed by atoms with Gasteiger partial charge in [0.25, 0.3) is 5.91 Å². The quantitative estimate of drug-likeness (QED) is 0.419. The van der Waals surface area contributed by atoms with Gasteiger partial charge in [-0.15, -0.1) is 0 Å². The van der Waals surface area contributed by atoms with Crippen molar-refractivity contribution in [3.8, 4) is 0 Å². The summed E-state index contributed by atoms with van der Waals surface area (Å²) >= 11 is 6.12. The van der Waals surface area contributed by atoms with Crippen LogP contribution < -0.4 is 10.6 Å². The molecule has 4 rings (SSSR count). The molecule has 0 radical (unpaired) electrons. The Morgan fingerprint density at radius 2 is 1.82 bits per heavy atom. The summed E-state index contributed by atoms with van der Waals surface area (Å²) in [6.45, 7) is 1.11. The van der Waals surface area contributed by atoms with Crippen LogP contribution in [0.2, 0.25) is 5.02 Å². The molecule has 0 bridgehead atoms. The lowest BCUT2D eigenvalue weighted by Gasteiger charge is -2.25. The molecule has 198 valence electrons. The Hall–Kier alpha value is -3.95. The summed E-state index contributed by atoms with van der Waals surface area (Å²) in [5.41, 5.74) is 1.51. The smallest absolute Gasteiger partial charge is 0.411 e. The van der Waals surface area contributed by atoms with Gasteiger partial charge in [-0.25, -0.2) is 9.18 Å². The molecule has 3 aromatic carbocycles. The van der Waals surface area contributed by atoms with Gasteiger partial charge in [0.15, 0.2) is 12.1 Å². The molecule has 0 aliphatic carbocycles. The molecular weight excluding hydrogens is 511 g/mol. The number of ether oxygens (including phenoxy) is 1. The van der Waals surface area contributed by atoms with Crippen LogP contribution in [0, 0.1) is 5.82 Å². The number of cyclic esters (lactones) is 1. The summed E-state index contributed by atoms with van der Waals surface area (Å²) in [5.74, 6) is -1.63. The van der Waals surface area contributed by atoms with Crippen molar-refractivity contribution < 1.29 is 23.5 Å². The number of carbonyl (C=O) groups excluding carboxylic acids is 3. The number of nitrogens with one attached hydrogen (secondary N) is 2.